The molecular weight excluding hydrogens is 184 g/mol. The van der Waals surface area contributed by atoms with Crippen LogP contribution in [0.25, 0.3) is 0 Å². The van der Waals surface area contributed by atoms with E-state index in [0.29, 0.717) is 0 Å². The standard InChI is InChI=1S/C13H28Si/c1-8-13(9-11(2)3)12(4)10-14(5,6)7/h11,13H,4,8-10H2,1-3,5-7H3. The largest absolute Gasteiger partial charge is 0.0999 e. The van der Waals surface area contributed by atoms with Crippen LogP contribution in [0, 0.1) is 11.8 Å². The second kappa shape index (κ2) is 5.74. The summed E-state index contributed by atoms with van der Waals surface area (Å²) < 4.78 is 0. The summed E-state index contributed by atoms with van der Waals surface area (Å²) in [7, 11) is -0.950. The number of rotatable bonds is 6. The van der Waals surface area contributed by atoms with E-state index in [1.54, 1.807) is 0 Å². The second-order valence-electron chi connectivity index (χ2n) is 6.13. The van der Waals surface area contributed by atoms with Crippen molar-refractivity contribution >= 4 is 8.07 Å². The van der Waals surface area contributed by atoms with Crippen molar-refractivity contribution in [2.45, 2.75) is 59.3 Å². The summed E-state index contributed by atoms with van der Waals surface area (Å²) in [6.45, 7) is 18.5. The van der Waals surface area contributed by atoms with Crippen LogP contribution in [0.1, 0.15) is 33.6 Å². The molecule has 14 heavy (non-hydrogen) atoms. The van der Waals surface area contributed by atoms with Crippen molar-refractivity contribution in [3.8, 4) is 0 Å². The van der Waals surface area contributed by atoms with Gasteiger partial charge in [0.2, 0.25) is 0 Å². The molecule has 0 aliphatic carbocycles. The van der Waals surface area contributed by atoms with Gasteiger partial charge in [-0.25, -0.2) is 0 Å². The molecular formula is C13H28Si. The molecule has 0 aromatic rings. The Labute approximate surface area is 91.8 Å². The molecule has 0 aromatic carbocycles. The lowest BCUT2D eigenvalue weighted by Crippen LogP contribution is -2.22. The summed E-state index contributed by atoms with van der Waals surface area (Å²) in [5.41, 5.74) is 1.51. The normalized spacial score (nSPS) is 14.5. The van der Waals surface area contributed by atoms with Crippen LogP contribution < -0.4 is 0 Å². The lowest BCUT2D eigenvalue weighted by molar-refractivity contribution is 0.447. The monoisotopic (exact) mass is 212 g/mol. The van der Waals surface area contributed by atoms with Crippen LogP contribution in [0.3, 0.4) is 0 Å². The Hall–Kier alpha value is -0.0431. The summed E-state index contributed by atoms with van der Waals surface area (Å²) in [6, 6.07) is 1.30. The molecule has 0 spiro atoms. The Balaban J connectivity index is 4.18. The fraction of sp³-hybridized carbons (Fsp3) is 0.846. The first-order chi connectivity index (χ1) is 6.26. The molecule has 0 heterocycles. The predicted octanol–water partition coefficient (Wildman–Crippen LogP) is 4.95. The van der Waals surface area contributed by atoms with E-state index >= 15 is 0 Å². The van der Waals surface area contributed by atoms with Crippen molar-refractivity contribution in [1.29, 1.82) is 0 Å². The van der Waals surface area contributed by atoms with Gasteiger partial charge in [-0.3, -0.25) is 0 Å². The van der Waals surface area contributed by atoms with Crippen LogP contribution in [0.5, 0.6) is 0 Å². The molecule has 0 saturated carbocycles. The Morgan fingerprint density at radius 3 is 2.00 bits per heavy atom. The number of hydrogen-bond donors (Lipinski definition) is 0. The maximum absolute atomic E-state index is 4.30. The molecule has 0 amide bonds. The summed E-state index contributed by atoms with van der Waals surface area (Å²) in [5, 5.41) is 0. The first-order valence-electron chi connectivity index (χ1n) is 5.94. The molecule has 0 rings (SSSR count). The van der Waals surface area contributed by atoms with E-state index in [1.165, 1.54) is 24.5 Å². The zero-order valence-corrected chi connectivity index (χ0v) is 12.0. The highest BCUT2D eigenvalue weighted by atomic mass is 28.3. The molecule has 0 aliphatic heterocycles. The minimum Gasteiger partial charge on any atom is -0.0999 e. The average molecular weight is 212 g/mol. The van der Waals surface area contributed by atoms with Crippen molar-refractivity contribution in [2.24, 2.45) is 11.8 Å². The Morgan fingerprint density at radius 2 is 1.71 bits per heavy atom. The maximum atomic E-state index is 4.30. The molecule has 84 valence electrons. The van der Waals surface area contributed by atoms with E-state index < -0.39 is 8.07 Å². The SMILES string of the molecule is C=C(C[Si](C)(C)C)C(CC)CC(C)C. The summed E-state index contributed by atoms with van der Waals surface area (Å²) >= 11 is 0. The van der Waals surface area contributed by atoms with Crippen molar-refractivity contribution in [3.63, 3.8) is 0 Å². The zero-order chi connectivity index (χ0) is 11.4. The van der Waals surface area contributed by atoms with Crippen molar-refractivity contribution in [3.05, 3.63) is 12.2 Å². The quantitative estimate of drug-likeness (QED) is 0.431. The molecule has 0 aromatic heterocycles. The van der Waals surface area contributed by atoms with Crippen LogP contribution in [-0.4, -0.2) is 8.07 Å². The third kappa shape index (κ3) is 6.42. The average Bonchev–Trinajstić information content (AvgIpc) is 1.96. The van der Waals surface area contributed by atoms with Gasteiger partial charge in [-0.05, 0) is 30.7 Å². The van der Waals surface area contributed by atoms with Crippen LogP contribution in [-0.2, 0) is 0 Å². The second-order valence-corrected chi connectivity index (χ2v) is 11.6. The molecule has 0 fully saturated rings. The first-order valence-corrected chi connectivity index (χ1v) is 9.64. The summed E-state index contributed by atoms with van der Waals surface area (Å²) in [6.07, 6.45) is 2.58. The lowest BCUT2D eigenvalue weighted by Gasteiger charge is -2.25. The molecule has 1 heteroatoms. The highest BCUT2D eigenvalue weighted by Crippen LogP contribution is 2.28. The third-order valence-corrected chi connectivity index (χ3v) is 4.10. The minimum atomic E-state index is -0.950. The van der Waals surface area contributed by atoms with E-state index in [2.05, 4.69) is 47.0 Å². The third-order valence-electron chi connectivity index (χ3n) is 2.58. The molecule has 0 bridgehead atoms. The molecule has 0 radical (unpaired) electrons. The number of allylic oxidation sites excluding steroid dienone is 1. The van der Waals surface area contributed by atoms with E-state index in [9.17, 15) is 0 Å². The predicted molar refractivity (Wildman–Crippen MR) is 70.5 cm³/mol. The van der Waals surface area contributed by atoms with Crippen molar-refractivity contribution < 1.29 is 0 Å². The van der Waals surface area contributed by atoms with Gasteiger partial charge < -0.3 is 0 Å². The highest BCUT2D eigenvalue weighted by Gasteiger charge is 2.19. The van der Waals surface area contributed by atoms with E-state index in [4.69, 9.17) is 0 Å². The van der Waals surface area contributed by atoms with Gasteiger partial charge >= 0.3 is 0 Å². The lowest BCUT2D eigenvalue weighted by atomic mass is 9.90. The Morgan fingerprint density at radius 1 is 1.21 bits per heavy atom. The molecule has 0 nitrogen and oxygen atoms in total. The molecule has 0 aliphatic rings. The summed E-state index contributed by atoms with van der Waals surface area (Å²) in [4.78, 5) is 0. The Kier molecular flexibility index (Phi) is 5.73. The van der Waals surface area contributed by atoms with Gasteiger partial charge in [-0.2, -0.15) is 0 Å². The first kappa shape index (κ1) is 14.0. The van der Waals surface area contributed by atoms with Gasteiger partial charge in [0.05, 0.1) is 0 Å². The molecule has 1 atom stereocenters. The van der Waals surface area contributed by atoms with Crippen LogP contribution in [0.15, 0.2) is 12.2 Å². The van der Waals surface area contributed by atoms with Gasteiger partial charge in [0.15, 0.2) is 0 Å². The van der Waals surface area contributed by atoms with Gasteiger partial charge in [0.1, 0.15) is 0 Å². The van der Waals surface area contributed by atoms with Crippen LogP contribution in [0.2, 0.25) is 25.7 Å². The highest BCUT2D eigenvalue weighted by molar-refractivity contribution is 6.76. The maximum Gasteiger partial charge on any atom is 0.0483 e. The van der Waals surface area contributed by atoms with Gasteiger partial charge in [0, 0.05) is 8.07 Å². The Bertz CT molecular complexity index is 174. The fourth-order valence-corrected chi connectivity index (χ4v) is 3.67. The van der Waals surface area contributed by atoms with Gasteiger partial charge in [-0.15, -0.1) is 0 Å². The van der Waals surface area contributed by atoms with E-state index in [0.717, 1.165) is 11.8 Å². The van der Waals surface area contributed by atoms with Gasteiger partial charge in [0.25, 0.3) is 0 Å². The fourth-order valence-electron chi connectivity index (χ4n) is 2.02. The minimum absolute atomic E-state index is 0.765. The topological polar surface area (TPSA) is 0 Å². The molecule has 1 unspecified atom stereocenters. The zero-order valence-electron chi connectivity index (χ0n) is 11.0. The number of hydrogen-bond acceptors (Lipinski definition) is 0. The van der Waals surface area contributed by atoms with E-state index in [-0.39, 0.29) is 0 Å². The smallest absolute Gasteiger partial charge is 0.0483 e. The molecule has 0 N–H and O–H groups in total. The van der Waals surface area contributed by atoms with E-state index in [1.807, 2.05) is 0 Å². The molecule has 0 saturated heterocycles. The van der Waals surface area contributed by atoms with Crippen molar-refractivity contribution in [1.82, 2.24) is 0 Å². The van der Waals surface area contributed by atoms with Gasteiger partial charge in [-0.1, -0.05) is 52.6 Å². The van der Waals surface area contributed by atoms with Crippen molar-refractivity contribution in [2.75, 3.05) is 0 Å². The summed E-state index contributed by atoms with van der Waals surface area (Å²) in [5.74, 6) is 1.57. The van der Waals surface area contributed by atoms with Crippen LogP contribution >= 0.6 is 0 Å². The van der Waals surface area contributed by atoms with Crippen LogP contribution in [0.4, 0.5) is 0 Å².